The Kier molecular flexibility index (Phi) is 4.39. The highest BCUT2D eigenvalue weighted by molar-refractivity contribution is 9.10. The van der Waals surface area contributed by atoms with E-state index in [9.17, 15) is 14.4 Å². The summed E-state index contributed by atoms with van der Waals surface area (Å²) >= 11 is 9.36. The average Bonchev–Trinajstić information content (AvgIpc) is 3.35. The van der Waals surface area contributed by atoms with Gasteiger partial charge in [-0.3, -0.25) is 14.4 Å². The van der Waals surface area contributed by atoms with E-state index in [1.54, 1.807) is 49.4 Å². The lowest BCUT2D eigenvalue weighted by molar-refractivity contribution is -0.160. The molecule has 0 saturated heterocycles. The summed E-state index contributed by atoms with van der Waals surface area (Å²) in [4.78, 5) is 39.6. The van der Waals surface area contributed by atoms with E-state index in [1.165, 1.54) is 7.11 Å². The molecule has 5 nitrogen and oxygen atoms in total. The van der Waals surface area contributed by atoms with Crippen molar-refractivity contribution in [2.45, 2.75) is 19.3 Å². The number of halogens is 2. The van der Waals surface area contributed by atoms with Gasteiger partial charge in [0.25, 0.3) is 0 Å². The van der Waals surface area contributed by atoms with Crippen LogP contribution < -0.4 is 4.74 Å². The highest BCUT2D eigenvalue weighted by atomic mass is 79.9. The van der Waals surface area contributed by atoms with Crippen LogP contribution in [0.5, 0.6) is 5.75 Å². The van der Waals surface area contributed by atoms with Crippen LogP contribution in [0.1, 0.15) is 35.2 Å². The number of benzene rings is 2. The molecule has 0 unspecified atom stereocenters. The Morgan fingerprint density at radius 2 is 1.89 bits per heavy atom. The number of carbonyl (C=O) groups excluding carboxylic acids is 3. The molecule has 0 bridgehead atoms. The van der Waals surface area contributed by atoms with Crippen molar-refractivity contribution in [2.24, 2.45) is 10.8 Å². The van der Waals surface area contributed by atoms with Gasteiger partial charge >= 0.3 is 11.9 Å². The standard InChI is InChI=1S/C21H16BrClO5/c1-3-20(17(24)11-4-7-13(23)8-5-11)16-14-10-12(22)6-9-15(14)28-19(26)21(16,20)18(25)27-2/h4-10,16H,3H2,1-2H3/t16-,20+,21-/m0/s1. The summed E-state index contributed by atoms with van der Waals surface area (Å²) in [6, 6.07) is 11.6. The van der Waals surface area contributed by atoms with Crippen molar-refractivity contribution in [2.75, 3.05) is 7.11 Å². The van der Waals surface area contributed by atoms with Gasteiger partial charge in [0.1, 0.15) is 5.75 Å². The van der Waals surface area contributed by atoms with Crippen molar-refractivity contribution in [3.8, 4) is 5.75 Å². The minimum atomic E-state index is -1.69. The van der Waals surface area contributed by atoms with Gasteiger partial charge < -0.3 is 9.47 Å². The molecule has 0 amide bonds. The Hall–Kier alpha value is -2.18. The fraction of sp³-hybridized carbons (Fsp3) is 0.286. The number of hydrogen-bond donors (Lipinski definition) is 0. The lowest BCUT2D eigenvalue weighted by Crippen LogP contribution is -2.40. The molecule has 1 aliphatic carbocycles. The molecule has 3 atom stereocenters. The zero-order valence-corrected chi connectivity index (χ0v) is 17.5. The highest BCUT2D eigenvalue weighted by Crippen LogP contribution is 2.80. The van der Waals surface area contributed by atoms with Gasteiger partial charge in [0, 0.05) is 26.5 Å². The zero-order chi connectivity index (χ0) is 20.3. The molecular formula is C21H16BrClO5. The average molecular weight is 464 g/mol. The fourth-order valence-electron chi connectivity index (χ4n) is 4.71. The van der Waals surface area contributed by atoms with E-state index < -0.39 is 28.7 Å². The molecule has 1 saturated carbocycles. The van der Waals surface area contributed by atoms with Crippen molar-refractivity contribution in [1.29, 1.82) is 0 Å². The van der Waals surface area contributed by atoms with Crippen LogP contribution >= 0.6 is 27.5 Å². The predicted octanol–water partition coefficient (Wildman–Crippen LogP) is 4.56. The molecule has 1 aliphatic heterocycles. The first-order chi connectivity index (χ1) is 13.3. The number of hydrogen-bond acceptors (Lipinski definition) is 5. The quantitative estimate of drug-likeness (QED) is 0.288. The molecule has 2 aliphatic rings. The van der Waals surface area contributed by atoms with Gasteiger partial charge in [0.15, 0.2) is 11.2 Å². The summed E-state index contributed by atoms with van der Waals surface area (Å²) < 4.78 is 11.2. The van der Waals surface area contributed by atoms with Crippen LogP contribution in [0.2, 0.25) is 5.02 Å². The summed E-state index contributed by atoms with van der Waals surface area (Å²) in [5, 5.41) is 0.492. The maximum absolute atomic E-state index is 13.6. The predicted molar refractivity (Wildman–Crippen MR) is 105 cm³/mol. The van der Waals surface area contributed by atoms with Crippen molar-refractivity contribution >= 4 is 45.3 Å². The van der Waals surface area contributed by atoms with Gasteiger partial charge in [-0.2, -0.15) is 0 Å². The summed E-state index contributed by atoms with van der Waals surface area (Å²) in [6.07, 6.45) is 0.273. The number of Topliss-reactive ketones (excluding diaryl/α,β-unsaturated/α-hetero) is 1. The molecule has 2 aromatic rings. The molecule has 0 aromatic heterocycles. The Balaban J connectivity index is 1.95. The third-order valence-electron chi connectivity index (χ3n) is 5.93. The second kappa shape index (κ2) is 6.42. The Labute approximate surface area is 175 Å². The van der Waals surface area contributed by atoms with Gasteiger partial charge in [-0.15, -0.1) is 0 Å². The minimum absolute atomic E-state index is 0.273. The molecule has 2 aromatic carbocycles. The number of ether oxygens (including phenoxy) is 2. The highest BCUT2D eigenvalue weighted by Gasteiger charge is 2.90. The zero-order valence-electron chi connectivity index (χ0n) is 15.1. The second-order valence-electron chi connectivity index (χ2n) is 6.97. The van der Waals surface area contributed by atoms with Gasteiger partial charge in [-0.1, -0.05) is 34.5 Å². The smallest absolute Gasteiger partial charge is 0.330 e. The van der Waals surface area contributed by atoms with Gasteiger partial charge in [0.05, 0.1) is 12.5 Å². The Bertz CT molecular complexity index is 1020. The van der Waals surface area contributed by atoms with Crippen LogP contribution in [0.4, 0.5) is 0 Å². The topological polar surface area (TPSA) is 69.7 Å². The molecule has 1 fully saturated rings. The first kappa shape index (κ1) is 19.2. The van der Waals surface area contributed by atoms with E-state index in [0.717, 1.165) is 4.47 Å². The molecule has 4 rings (SSSR count). The third kappa shape index (κ3) is 2.22. The lowest BCUT2D eigenvalue weighted by Gasteiger charge is -2.22. The fourth-order valence-corrected chi connectivity index (χ4v) is 5.21. The monoisotopic (exact) mass is 462 g/mol. The number of fused-ring (bicyclic) bond motifs is 3. The van der Waals surface area contributed by atoms with Crippen LogP contribution in [0, 0.1) is 10.8 Å². The van der Waals surface area contributed by atoms with Crippen LogP contribution in [-0.2, 0) is 14.3 Å². The number of ketones is 1. The van der Waals surface area contributed by atoms with E-state index >= 15 is 0 Å². The molecule has 0 radical (unpaired) electrons. The number of methoxy groups -OCH3 is 1. The van der Waals surface area contributed by atoms with Gasteiger partial charge in [-0.05, 0) is 48.9 Å². The largest absolute Gasteiger partial charge is 0.468 e. The second-order valence-corrected chi connectivity index (χ2v) is 8.32. The first-order valence-corrected chi connectivity index (χ1v) is 9.92. The molecule has 0 N–H and O–H groups in total. The van der Waals surface area contributed by atoms with Crippen molar-refractivity contribution in [1.82, 2.24) is 0 Å². The number of rotatable bonds is 4. The van der Waals surface area contributed by atoms with E-state index in [-0.39, 0.29) is 12.2 Å². The van der Waals surface area contributed by atoms with Crippen molar-refractivity contribution in [3.05, 3.63) is 63.1 Å². The Morgan fingerprint density at radius 3 is 2.50 bits per heavy atom. The maximum Gasteiger partial charge on any atom is 0.330 e. The molecule has 1 heterocycles. The normalized spacial score (nSPS) is 27.3. The number of esters is 2. The van der Waals surface area contributed by atoms with Crippen molar-refractivity contribution < 1.29 is 23.9 Å². The summed E-state index contributed by atoms with van der Waals surface area (Å²) in [7, 11) is 1.21. The summed E-state index contributed by atoms with van der Waals surface area (Å²) in [6.45, 7) is 1.79. The third-order valence-corrected chi connectivity index (χ3v) is 6.68. The number of carbonyl (C=O) groups is 3. The van der Waals surface area contributed by atoms with E-state index in [0.29, 0.717) is 21.9 Å². The van der Waals surface area contributed by atoms with E-state index in [2.05, 4.69) is 15.9 Å². The van der Waals surface area contributed by atoms with E-state index in [4.69, 9.17) is 21.1 Å². The minimum Gasteiger partial charge on any atom is -0.468 e. The molecule has 144 valence electrons. The first-order valence-electron chi connectivity index (χ1n) is 8.75. The maximum atomic E-state index is 13.6. The van der Waals surface area contributed by atoms with E-state index in [1.807, 2.05) is 0 Å². The summed E-state index contributed by atoms with van der Waals surface area (Å²) in [5.74, 6) is -2.10. The van der Waals surface area contributed by atoms with Crippen LogP contribution in [-0.4, -0.2) is 24.8 Å². The summed E-state index contributed by atoms with van der Waals surface area (Å²) in [5.41, 5.74) is -1.95. The van der Waals surface area contributed by atoms with Gasteiger partial charge in [-0.25, -0.2) is 0 Å². The van der Waals surface area contributed by atoms with Crippen LogP contribution in [0.3, 0.4) is 0 Å². The molecular weight excluding hydrogens is 448 g/mol. The molecule has 7 heteroatoms. The van der Waals surface area contributed by atoms with Gasteiger partial charge in [0.2, 0.25) is 0 Å². The lowest BCUT2D eigenvalue weighted by atomic mass is 9.83. The SMILES string of the molecule is CC[C@]1(C(=O)c2ccc(Cl)cc2)[C@@H]2c3cc(Br)ccc3OC(=O)[C@@]21C(=O)OC. The Morgan fingerprint density at radius 1 is 1.21 bits per heavy atom. The van der Waals surface area contributed by atoms with Crippen LogP contribution in [0.25, 0.3) is 0 Å². The molecule has 28 heavy (non-hydrogen) atoms. The molecule has 0 spiro atoms. The van der Waals surface area contributed by atoms with Crippen molar-refractivity contribution in [3.63, 3.8) is 0 Å². The van der Waals surface area contributed by atoms with Crippen LogP contribution in [0.15, 0.2) is 46.9 Å².